The molecule has 0 bridgehead atoms. The molecule has 1 amide bonds. The van der Waals surface area contributed by atoms with Crippen molar-refractivity contribution in [3.63, 3.8) is 0 Å². The molecule has 0 heterocycles. The van der Waals surface area contributed by atoms with Crippen LogP contribution in [0.5, 0.6) is 5.75 Å². The van der Waals surface area contributed by atoms with Gasteiger partial charge in [-0.05, 0) is 54.0 Å². The first-order valence-corrected chi connectivity index (χ1v) is 8.93. The standard InChI is InChI=1S/C20H19Cl2NO4/c1-3-13(20(25)26)8-12-4-7-18(27-2)14(9-12)10-19(24)23-17-6-5-15(21)11-16(17)22/h4-9,11H,3,10H2,1-2H3,(H,23,24)(H,25,26)/p-1/b13-8+. The fourth-order valence-corrected chi connectivity index (χ4v) is 2.95. The van der Waals surface area contributed by atoms with Gasteiger partial charge in [0.2, 0.25) is 5.91 Å². The smallest absolute Gasteiger partial charge is 0.228 e. The van der Waals surface area contributed by atoms with Gasteiger partial charge in [0.15, 0.2) is 0 Å². The van der Waals surface area contributed by atoms with E-state index in [-0.39, 0.29) is 17.9 Å². The number of methoxy groups -OCH3 is 1. The van der Waals surface area contributed by atoms with Crippen LogP contribution in [0.15, 0.2) is 42.0 Å². The zero-order valence-corrected chi connectivity index (χ0v) is 16.4. The zero-order valence-electron chi connectivity index (χ0n) is 14.8. The third-order valence-corrected chi connectivity index (χ3v) is 4.39. The third-order valence-electron chi connectivity index (χ3n) is 3.84. The number of benzene rings is 2. The number of carboxylic acid groups (broad SMARTS) is 1. The van der Waals surface area contributed by atoms with E-state index in [1.165, 1.54) is 19.3 Å². The number of anilines is 1. The highest BCUT2D eigenvalue weighted by atomic mass is 35.5. The highest BCUT2D eigenvalue weighted by molar-refractivity contribution is 6.36. The fourth-order valence-electron chi connectivity index (χ4n) is 2.49. The lowest BCUT2D eigenvalue weighted by Crippen LogP contribution is -2.24. The topological polar surface area (TPSA) is 78.5 Å². The van der Waals surface area contributed by atoms with Gasteiger partial charge < -0.3 is 20.0 Å². The summed E-state index contributed by atoms with van der Waals surface area (Å²) in [6, 6.07) is 9.90. The molecule has 0 radical (unpaired) electrons. The maximum atomic E-state index is 12.4. The van der Waals surface area contributed by atoms with E-state index in [0.29, 0.717) is 39.0 Å². The van der Waals surface area contributed by atoms with Crippen molar-refractivity contribution >= 4 is 46.8 Å². The molecule has 0 aliphatic rings. The second kappa shape index (κ2) is 9.44. The fraction of sp³-hybridized carbons (Fsp3) is 0.200. The number of ether oxygens (including phenoxy) is 1. The van der Waals surface area contributed by atoms with Crippen LogP contribution in [-0.4, -0.2) is 19.0 Å². The van der Waals surface area contributed by atoms with E-state index >= 15 is 0 Å². The Hall–Kier alpha value is -2.50. The molecule has 7 heteroatoms. The Bertz CT molecular complexity index is 894. The Morgan fingerprint density at radius 1 is 1.19 bits per heavy atom. The number of carbonyl (C=O) groups is 2. The zero-order chi connectivity index (χ0) is 20.0. The number of hydrogen-bond acceptors (Lipinski definition) is 4. The molecule has 0 fully saturated rings. The van der Waals surface area contributed by atoms with E-state index in [2.05, 4.69) is 5.32 Å². The molecule has 27 heavy (non-hydrogen) atoms. The first-order valence-electron chi connectivity index (χ1n) is 8.17. The van der Waals surface area contributed by atoms with Gasteiger partial charge in [-0.1, -0.05) is 36.2 Å². The normalized spacial score (nSPS) is 11.2. The summed E-state index contributed by atoms with van der Waals surface area (Å²) in [5.74, 6) is -0.990. The third kappa shape index (κ3) is 5.74. The molecule has 0 saturated heterocycles. The molecule has 2 aromatic carbocycles. The van der Waals surface area contributed by atoms with Crippen LogP contribution in [0.3, 0.4) is 0 Å². The van der Waals surface area contributed by atoms with Crippen molar-refractivity contribution < 1.29 is 19.4 Å². The Labute approximate surface area is 167 Å². The molecule has 0 saturated carbocycles. The molecule has 0 unspecified atom stereocenters. The summed E-state index contributed by atoms with van der Waals surface area (Å²) >= 11 is 11.9. The summed E-state index contributed by atoms with van der Waals surface area (Å²) in [7, 11) is 1.50. The molecular formula is C20H18Cl2NO4-. The van der Waals surface area contributed by atoms with Gasteiger partial charge in [0.05, 0.1) is 30.2 Å². The van der Waals surface area contributed by atoms with Crippen LogP contribution in [0, 0.1) is 0 Å². The van der Waals surface area contributed by atoms with Crippen molar-refractivity contribution in [1.29, 1.82) is 0 Å². The Kier molecular flexibility index (Phi) is 7.28. The quantitative estimate of drug-likeness (QED) is 0.710. The first-order chi connectivity index (χ1) is 12.8. The van der Waals surface area contributed by atoms with Crippen molar-refractivity contribution in [2.45, 2.75) is 19.8 Å². The van der Waals surface area contributed by atoms with E-state index in [0.717, 1.165) is 0 Å². The molecular weight excluding hydrogens is 389 g/mol. The van der Waals surface area contributed by atoms with Crippen molar-refractivity contribution in [2.24, 2.45) is 0 Å². The molecule has 5 nitrogen and oxygen atoms in total. The SMILES string of the molecule is CC/C(=C\c1ccc(OC)c(CC(=O)Nc2ccc(Cl)cc2Cl)c1)C(=O)[O-]. The maximum absolute atomic E-state index is 12.4. The van der Waals surface area contributed by atoms with E-state index in [1.54, 1.807) is 37.3 Å². The van der Waals surface area contributed by atoms with Crippen molar-refractivity contribution in [1.82, 2.24) is 0 Å². The van der Waals surface area contributed by atoms with Gasteiger partial charge in [-0.3, -0.25) is 4.79 Å². The van der Waals surface area contributed by atoms with Crippen molar-refractivity contribution in [2.75, 3.05) is 12.4 Å². The number of carboxylic acids is 1. The number of amides is 1. The van der Waals surface area contributed by atoms with Gasteiger partial charge in [0, 0.05) is 10.6 Å². The van der Waals surface area contributed by atoms with Gasteiger partial charge in [-0.25, -0.2) is 0 Å². The summed E-state index contributed by atoms with van der Waals surface area (Å²) in [4.78, 5) is 23.5. The lowest BCUT2D eigenvalue weighted by molar-refractivity contribution is -0.299. The Balaban J connectivity index is 2.24. The van der Waals surface area contributed by atoms with E-state index in [9.17, 15) is 14.7 Å². The molecule has 2 aromatic rings. The monoisotopic (exact) mass is 406 g/mol. The van der Waals surface area contributed by atoms with Gasteiger partial charge in [0.1, 0.15) is 5.75 Å². The predicted molar refractivity (Wildman–Crippen MR) is 105 cm³/mol. The van der Waals surface area contributed by atoms with Crippen LogP contribution in [-0.2, 0) is 16.0 Å². The predicted octanol–water partition coefficient (Wildman–Crippen LogP) is 3.73. The number of carbonyl (C=O) groups excluding carboxylic acids is 2. The van der Waals surface area contributed by atoms with Crippen LogP contribution in [0.25, 0.3) is 6.08 Å². The molecule has 0 spiro atoms. The van der Waals surface area contributed by atoms with Crippen LogP contribution in [0.1, 0.15) is 24.5 Å². The summed E-state index contributed by atoms with van der Waals surface area (Å²) in [6.07, 6.45) is 1.88. The Morgan fingerprint density at radius 2 is 1.93 bits per heavy atom. The summed E-state index contributed by atoms with van der Waals surface area (Å²) in [6.45, 7) is 1.73. The minimum absolute atomic E-state index is 0.0244. The van der Waals surface area contributed by atoms with Crippen LogP contribution >= 0.6 is 23.2 Å². The highest BCUT2D eigenvalue weighted by Crippen LogP contribution is 2.27. The van der Waals surface area contributed by atoms with Crippen LogP contribution < -0.4 is 15.2 Å². The number of nitrogens with one attached hydrogen (secondary N) is 1. The highest BCUT2D eigenvalue weighted by Gasteiger charge is 2.12. The summed E-state index contributed by atoms with van der Waals surface area (Å²) in [5.41, 5.74) is 1.88. The number of aliphatic carboxylic acids is 1. The van der Waals surface area contributed by atoms with E-state index in [4.69, 9.17) is 27.9 Å². The molecule has 2 rings (SSSR count). The molecule has 142 valence electrons. The minimum Gasteiger partial charge on any atom is -0.545 e. The van der Waals surface area contributed by atoms with E-state index in [1.807, 2.05) is 0 Å². The summed E-state index contributed by atoms with van der Waals surface area (Å²) < 4.78 is 5.30. The molecule has 1 N–H and O–H groups in total. The minimum atomic E-state index is -1.22. The average molecular weight is 407 g/mol. The first kappa shape index (κ1) is 20.8. The van der Waals surface area contributed by atoms with Gasteiger partial charge in [-0.2, -0.15) is 0 Å². The molecule has 0 aliphatic carbocycles. The number of halogens is 2. The largest absolute Gasteiger partial charge is 0.545 e. The molecule has 0 aromatic heterocycles. The van der Waals surface area contributed by atoms with E-state index < -0.39 is 5.97 Å². The number of hydrogen-bond donors (Lipinski definition) is 1. The van der Waals surface area contributed by atoms with Gasteiger partial charge in [0.25, 0.3) is 0 Å². The second-order valence-corrected chi connectivity index (χ2v) is 6.57. The lowest BCUT2D eigenvalue weighted by atomic mass is 10.0. The average Bonchev–Trinajstić information content (AvgIpc) is 2.62. The Morgan fingerprint density at radius 3 is 2.52 bits per heavy atom. The van der Waals surface area contributed by atoms with Crippen molar-refractivity contribution in [3.8, 4) is 5.75 Å². The molecule has 0 atom stereocenters. The number of rotatable bonds is 7. The van der Waals surface area contributed by atoms with Gasteiger partial charge >= 0.3 is 0 Å². The van der Waals surface area contributed by atoms with Crippen LogP contribution in [0.2, 0.25) is 10.0 Å². The summed E-state index contributed by atoms with van der Waals surface area (Å²) in [5, 5.41) is 14.6. The van der Waals surface area contributed by atoms with Crippen LogP contribution in [0.4, 0.5) is 5.69 Å². The maximum Gasteiger partial charge on any atom is 0.228 e. The van der Waals surface area contributed by atoms with Crippen molar-refractivity contribution in [3.05, 3.63) is 63.1 Å². The second-order valence-electron chi connectivity index (χ2n) is 5.73. The molecule has 0 aliphatic heterocycles. The van der Waals surface area contributed by atoms with Gasteiger partial charge in [-0.15, -0.1) is 0 Å². The lowest BCUT2D eigenvalue weighted by Gasteiger charge is -2.12.